The van der Waals surface area contributed by atoms with Gasteiger partial charge < -0.3 is 0 Å². The minimum absolute atomic E-state index is 0.372. The van der Waals surface area contributed by atoms with Gasteiger partial charge in [0.15, 0.2) is 0 Å². The smallest absolute Gasteiger partial charge is 0.119 e. The molecule has 0 saturated carbocycles. The van der Waals surface area contributed by atoms with Crippen molar-refractivity contribution >= 4 is 22.7 Å². The molecule has 5 rings (SSSR count). The molecule has 0 radical (unpaired) electrons. The van der Waals surface area contributed by atoms with Crippen LogP contribution >= 0.6 is 11.3 Å². The van der Waals surface area contributed by atoms with Gasteiger partial charge in [0, 0.05) is 6.42 Å². The summed E-state index contributed by atoms with van der Waals surface area (Å²) in [5.41, 5.74) is 4.36. The maximum Gasteiger partial charge on any atom is 0.119 e. The Morgan fingerprint density at radius 3 is 1.79 bits per heavy atom. The first-order valence-corrected chi connectivity index (χ1v) is 10.3. The molecule has 1 aromatic heterocycles. The second kappa shape index (κ2) is 7.10. The monoisotopic (exact) mass is 380 g/mol. The first-order chi connectivity index (χ1) is 13.9. The Labute approximate surface area is 169 Å². The molecule has 0 bridgehead atoms. The molecule has 2 nitrogen and oxygen atoms in total. The van der Waals surface area contributed by atoms with Crippen LogP contribution in [0.15, 0.2) is 114 Å². The van der Waals surface area contributed by atoms with E-state index in [4.69, 9.17) is 5.10 Å². The molecule has 2 heterocycles. The predicted molar refractivity (Wildman–Crippen MR) is 118 cm³/mol. The number of rotatable bonds is 4. The first-order valence-electron chi connectivity index (χ1n) is 9.46. The number of hydrazone groups is 1. The number of para-hydroxylation sites is 1. The minimum atomic E-state index is -0.372. The van der Waals surface area contributed by atoms with Crippen molar-refractivity contribution in [2.75, 3.05) is 5.01 Å². The van der Waals surface area contributed by atoms with E-state index in [1.54, 1.807) is 11.3 Å². The number of benzene rings is 3. The van der Waals surface area contributed by atoms with E-state index in [0.717, 1.165) is 17.8 Å². The first kappa shape index (κ1) is 17.0. The third-order valence-corrected chi connectivity index (χ3v) is 6.23. The van der Waals surface area contributed by atoms with Crippen LogP contribution in [0.1, 0.15) is 22.4 Å². The van der Waals surface area contributed by atoms with Crippen molar-refractivity contribution in [3.8, 4) is 0 Å². The third-order valence-electron chi connectivity index (χ3n) is 5.31. The van der Waals surface area contributed by atoms with Gasteiger partial charge in [-0.25, -0.2) is 5.01 Å². The summed E-state index contributed by atoms with van der Waals surface area (Å²) in [6.07, 6.45) is 0.830. The lowest BCUT2D eigenvalue weighted by atomic mass is 9.78. The van der Waals surface area contributed by atoms with Crippen LogP contribution in [0.2, 0.25) is 0 Å². The Bertz CT molecular complexity index is 1030. The van der Waals surface area contributed by atoms with E-state index in [-0.39, 0.29) is 5.54 Å². The van der Waals surface area contributed by atoms with Crippen LogP contribution in [0.5, 0.6) is 0 Å². The van der Waals surface area contributed by atoms with Gasteiger partial charge in [-0.1, -0.05) is 84.9 Å². The van der Waals surface area contributed by atoms with Crippen LogP contribution in [0.3, 0.4) is 0 Å². The predicted octanol–water partition coefficient (Wildman–Crippen LogP) is 6.31. The highest BCUT2D eigenvalue weighted by molar-refractivity contribution is 7.12. The van der Waals surface area contributed by atoms with Crippen LogP contribution in [-0.4, -0.2) is 5.71 Å². The van der Waals surface area contributed by atoms with Gasteiger partial charge in [-0.3, -0.25) is 0 Å². The van der Waals surface area contributed by atoms with E-state index in [1.165, 1.54) is 16.0 Å². The molecule has 0 N–H and O–H groups in total. The zero-order valence-corrected chi connectivity index (χ0v) is 16.2. The van der Waals surface area contributed by atoms with E-state index in [0.29, 0.717) is 0 Å². The van der Waals surface area contributed by atoms with Crippen LogP contribution in [0.25, 0.3) is 0 Å². The van der Waals surface area contributed by atoms with Crippen LogP contribution < -0.4 is 5.01 Å². The molecule has 1 aliphatic rings. The molecular weight excluding hydrogens is 360 g/mol. The van der Waals surface area contributed by atoms with E-state index >= 15 is 0 Å². The lowest BCUT2D eigenvalue weighted by Gasteiger charge is -2.39. The summed E-state index contributed by atoms with van der Waals surface area (Å²) in [6, 6.07) is 36.2. The molecule has 1 aliphatic heterocycles. The molecule has 0 fully saturated rings. The molecule has 28 heavy (non-hydrogen) atoms. The molecule has 136 valence electrons. The number of anilines is 1. The second-order valence-corrected chi connectivity index (χ2v) is 7.89. The summed E-state index contributed by atoms with van der Waals surface area (Å²) in [4.78, 5) is 1.23. The van der Waals surface area contributed by atoms with Gasteiger partial charge in [0.25, 0.3) is 0 Å². The Balaban J connectivity index is 1.77. The molecule has 0 amide bonds. The zero-order chi connectivity index (χ0) is 18.8. The van der Waals surface area contributed by atoms with Gasteiger partial charge in [0.05, 0.1) is 16.3 Å². The molecule has 3 heteroatoms. The van der Waals surface area contributed by atoms with E-state index < -0.39 is 0 Å². The maximum atomic E-state index is 5.17. The Morgan fingerprint density at radius 1 is 0.679 bits per heavy atom. The normalized spacial score (nSPS) is 15.4. The summed E-state index contributed by atoms with van der Waals surface area (Å²) in [6.45, 7) is 0. The van der Waals surface area contributed by atoms with Gasteiger partial charge in [0.1, 0.15) is 5.54 Å². The molecule has 0 saturated heterocycles. The van der Waals surface area contributed by atoms with Crippen molar-refractivity contribution in [3.63, 3.8) is 0 Å². The number of hydrogen-bond donors (Lipinski definition) is 0. The quantitative estimate of drug-likeness (QED) is 0.405. The summed E-state index contributed by atoms with van der Waals surface area (Å²) in [5, 5.41) is 9.50. The van der Waals surface area contributed by atoms with E-state index in [1.807, 2.05) is 0 Å². The highest BCUT2D eigenvalue weighted by atomic mass is 32.1. The Morgan fingerprint density at radius 2 is 1.25 bits per heavy atom. The standard InChI is InChI=1S/C25H20N2S/c1-4-11-20(12-5-1)25(21-13-6-2-7-14-21)19-23(24-17-10-18-28-24)26-27(25)22-15-8-3-9-16-22/h1-18H,19H2. The van der Waals surface area contributed by atoms with Gasteiger partial charge >= 0.3 is 0 Å². The average Bonchev–Trinajstić information content (AvgIpc) is 3.44. The highest BCUT2D eigenvalue weighted by Gasteiger charge is 2.46. The SMILES string of the molecule is c1ccc(N2N=C(c3cccs3)CC2(c2ccccc2)c2ccccc2)cc1. The zero-order valence-electron chi connectivity index (χ0n) is 15.4. The van der Waals surface area contributed by atoms with Crippen molar-refractivity contribution in [2.24, 2.45) is 5.10 Å². The van der Waals surface area contributed by atoms with E-state index in [9.17, 15) is 0 Å². The summed E-state index contributed by atoms with van der Waals surface area (Å²) >= 11 is 1.75. The molecule has 3 aromatic carbocycles. The van der Waals surface area contributed by atoms with Crippen molar-refractivity contribution in [1.29, 1.82) is 0 Å². The number of hydrogen-bond acceptors (Lipinski definition) is 3. The van der Waals surface area contributed by atoms with Gasteiger partial charge in [-0.05, 0) is 34.7 Å². The number of thiophene rings is 1. The summed E-state index contributed by atoms with van der Waals surface area (Å²) in [5.74, 6) is 0. The Hall–Kier alpha value is -3.17. The maximum absolute atomic E-state index is 5.17. The Kier molecular flexibility index (Phi) is 4.30. The topological polar surface area (TPSA) is 15.6 Å². The summed E-state index contributed by atoms with van der Waals surface area (Å²) < 4.78 is 0. The van der Waals surface area contributed by atoms with Crippen LogP contribution in [0, 0.1) is 0 Å². The fraction of sp³-hybridized carbons (Fsp3) is 0.0800. The van der Waals surface area contributed by atoms with Gasteiger partial charge in [-0.15, -0.1) is 11.3 Å². The highest BCUT2D eigenvalue weighted by Crippen LogP contribution is 2.47. The second-order valence-electron chi connectivity index (χ2n) is 6.94. The van der Waals surface area contributed by atoms with Crippen molar-refractivity contribution in [2.45, 2.75) is 12.0 Å². The molecule has 4 aromatic rings. The fourth-order valence-corrected chi connectivity index (χ4v) is 4.74. The lowest BCUT2D eigenvalue weighted by Crippen LogP contribution is -2.41. The lowest BCUT2D eigenvalue weighted by molar-refractivity contribution is 0.534. The molecular formula is C25H20N2S. The van der Waals surface area contributed by atoms with Crippen molar-refractivity contribution in [1.82, 2.24) is 0 Å². The number of nitrogens with zero attached hydrogens (tertiary/aromatic N) is 2. The molecule has 0 aliphatic carbocycles. The van der Waals surface area contributed by atoms with Crippen molar-refractivity contribution in [3.05, 3.63) is 125 Å². The molecule has 0 atom stereocenters. The van der Waals surface area contributed by atoms with Crippen molar-refractivity contribution < 1.29 is 0 Å². The van der Waals surface area contributed by atoms with E-state index in [2.05, 4.69) is 114 Å². The van der Waals surface area contributed by atoms with Gasteiger partial charge in [0.2, 0.25) is 0 Å². The molecule has 0 spiro atoms. The van der Waals surface area contributed by atoms with Crippen LogP contribution in [0.4, 0.5) is 5.69 Å². The van der Waals surface area contributed by atoms with Gasteiger partial charge in [-0.2, -0.15) is 5.10 Å². The minimum Gasteiger partial charge on any atom is -0.250 e. The van der Waals surface area contributed by atoms with Crippen LogP contribution in [-0.2, 0) is 5.54 Å². The summed E-state index contributed by atoms with van der Waals surface area (Å²) in [7, 11) is 0. The third kappa shape index (κ3) is 2.76. The fourth-order valence-electron chi connectivity index (χ4n) is 4.03. The average molecular weight is 381 g/mol. The molecule has 0 unspecified atom stereocenters. The largest absolute Gasteiger partial charge is 0.250 e.